The van der Waals surface area contributed by atoms with E-state index in [1.54, 1.807) is 30.3 Å². The first-order valence-electron chi connectivity index (χ1n) is 7.51. The highest BCUT2D eigenvalue weighted by Crippen LogP contribution is 2.22. The van der Waals surface area contributed by atoms with E-state index in [9.17, 15) is 19.7 Å². The molecular weight excluding hydrogens is 346 g/mol. The molecule has 0 aromatic heterocycles. The lowest BCUT2D eigenvalue weighted by Crippen LogP contribution is -2.15. The zero-order valence-corrected chi connectivity index (χ0v) is 14.0. The molecule has 8 heteroatoms. The van der Waals surface area contributed by atoms with E-state index in [0.717, 1.165) is 6.07 Å². The number of nitro benzene ring substituents is 1. The van der Waals surface area contributed by atoms with Crippen LogP contribution in [0.5, 0.6) is 0 Å². The second-order valence-corrected chi connectivity index (χ2v) is 5.56. The molecule has 7 nitrogen and oxygen atoms in total. The highest BCUT2D eigenvalue weighted by Gasteiger charge is 2.16. The van der Waals surface area contributed by atoms with Gasteiger partial charge in [0.1, 0.15) is 0 Å². The Hall–Kier alpha value is -2.93. The Kier molecular flexibility index (Phi) is 6.47. The topological polar surface area (TPSA) is 101 Å². The normalized spacial score (nSPS) is 10.1. The number of carbonyl (C=O) groups excluding carboxylic acids is 2. The van der Waals surface area contributed by atoms with Gasteiger partial charge in [-0.3, -0.25) is 19.7 Å². The molecule has 0 aliphatic carbocycles. The molecule has 0 atom stereocenters. The lowest BCUT2D eigenvalue weighted by molar-refractivity contribution is -0.384. The summed E-state index contributed by atoms with van der Waals surface area (Å²) in [6.07, 6.45) is 0.682. The maximum atomic E-state index is 12.3. The molecule has 2 aromatic rings. The minimum absolute atomic E-state index is 0.0747. The smallest absolute Gasteiger partial charge is 0.272 e. The number of nitrogens with zero attached hydrogens (tertiary/aromatic N) is 1. The number of alkyl halides is 1. The van der Waals surface area contributed by atoms with Crippen LogP contribution in [0.4, 0.5) is 17.1 Å². The Morgan fingerprint density at radius 1 is 1.04 bits per heavy atom. The molecule has 0 radical (unpaired) electrons. The number of nitro groups is 1. The number of benzene rings is 2. The van der Waals surface area contributed by atoms with Crippen LogP contribution in [0, 0.1) is 10.1 Å². The third-order valence-corrected chi connectivity index (χ3v) is 3.51. The van der Waals surface area contributed by atoms with Gasteiger partial charge in [-0.25, -0.2) is 0 Å². The van der Waals surface area contributed by atoms with Gasteiger partial charge in [-0.1, -0.05) is 18.2 Å². The Labute approximate surface area is 149 Å². The number of non-ortho nitro benzene ring substituents is 1. The highest BCUT2D eigenvalue weighted by atomic mass is 35.5. The van der Waals surface area contributed by atoms with Crippen molar-refractivity contribution in [1.29, 1.82) is 0 Å². The van der Waals surface area contributed by atoms with Gasteiger partial charge in [0.15, 0.2) is 0 Å². The van der Waals surface area contributed by atoms with Crippen molar-refractivity contribution >= 4 is 40.5 Å². The molecule has 0 fully saturated rings. The van der Waals surface area contributed by atoms with E-state index in [1.165, 1.54) is 12.1 Å². The Balaban J connectivity index is 2.23. The van der Waals surface area contributed by atoms with Crippen LogP contribution in [-0.4, -0.2) is 22.6 Å². The van der Waals surface area contributed by atoms with Gasteiger partial charge < -0.3 is 10.6 Å². The lowest BCUT2D eigenvalue weighted by atomic mass is 10.1. The van der Waals surface area contributed by atoms with E-state index >= 15 is 0 Å². The van der Waals surface area contributed by atoms with Gasteiger partial charge in [0, 0.05) is 41.4 Å². The molecule has 130 valence electrons. The second-order valence-electron chi connectivity index (χ2n) is 5.19. The first-order chi connectivity index (χ1) is 12.0. The maximum Gasteiger partial charge on any atom is 0.272 e. The fraction of sp³-hybridized carbons (Fsp3) is 0.176. The lowest BCUT2D eigenvalue weighted by Gasteiger charge is -2.09. The zero-order chi connectivity index (χ0) is 18.2. The van der Waals surface area contributed by atoms with Crippen LogP contribution < -0.4 is 10.6 Å². The number of amides is 2. The first-order valence-corrected chi connectivity index (χ1v) is 8.05. The van der Waals surface area contributed by atoms with E-state index in [4.69, 9.17) is 11.6 Å². The summed E-state index contributed by atoms with van der Waals surface area (Å²) in [6, 6.07) is 12.5. The quantitative estimate of drug-likeness (QED) is 0.444. The predicted molar refractivity (Wildman–Crippen MR) is 96.1 cm³/mol. The average molecular weight is 362 g/mol. The van der Waals surface area contributed by atoms with Crippen LogP contribution in [0.1, 0.15) is 23.2 Å². The van der Waals surface area contributed by atoms with Gasteiger partial charge in [0.2, 0.25) is 5.91 Å². The molecule has 0 heterocycles. The summed E-state index contributed by atoms with van der Waals surface area (Å²) in [5.41, 5.74) is 0.540. The van der Waals surface area contributed by atoms with Crippen LogP contribution in [-0.2, 0) is 4.79 Å². The van der Waals surface area contributed by atoms with Crippen molar-refractivity contribution in [3.05, 3.63) is 64.2 Å². The van der Waals surface area contributed by atoms with E-state index in [1.807, 2.05) is 0 Å². The van der Waals surface area contributed by atoms with Gasteiger partial charge in [-0.2, -0.15) is 0 Å². The molecule has 0 saturated carbocycles. The standard InChI is InChI=1S/C17H16ClN3O4/c18-8-4-7-16(22)19-14-9-12(10-15(11-14)21(24)25)17(23)20-13-5-2-1-3-6-13/h1-3,5-6,9-11H,4,7-8H2,(H,19,22)(H,20,23). The Bertz CT molecular complexity index is 781. The van der Waals surface area contributed by atoms with Crippen molar-refractivity contribution < 1.29 is 14.5 Å². The van der Waals surface area contributed by atoms with Crippen molar-refractivity contribution in [1.82, 2.24) is 0 Å². The summed E-state index contributed by atoms with van der Waals surface area (Å²) in [7, 11) is 0. The SMILES string of the molecule is O=C(CCCCl)Nc1cc(C(=O)Nc2ccccc2)cc([N+](=O)[O-])c1. The summed E-state index contributed by atoms with van der Waals surface area (Å²) in [5, 5.41) is 16.3. The molecule has 0 bridgehead atoms. The summed E-state index contributed by atoms with van der Waals surface area (Å²) in [5.74, 6) is -0.491. The molecular formula is C17H16ClN3O4. The second kappa shape index (κ2) is 8.79. The number of rotatable bonds is 7. The van der Waals surface area contributed by atoms with Gasteiger partial charge >= 0.3 is 0 Å². The van der Waals surface area contributed by atoms with Gasteiger partial charge in [-0.05, 0) is 24.6 Å². The average Bonchev–Trinajstić information content (AvgIpc) is 2.60. The van der Waals surface area contributed by atoms with Crippen LogP contribution in [0.15, 0.2) is 48.5 Å². The van der Waals surface area contributed by atoms with E-state index in [0.29, 0.717) is 18.0 Å². The molecule has 2 aromatic carbocycles. The molecule has 0 aliphatic heterocycles. The van der Waals surface area contributed by atoms with Crippen LogP contribution in [0.2, 0.25) is 0 Å². The third kappa shape index (κ3) is 5.58. The molecule has 0 unspecified atom stereocenters. The van der Waals surface area contributed by atoms with Gasteiger partial charge in [-0.15, -0.1) is 11.6 Å². The molecule has 25 heavy (non-hydrogen) atoms. The van der Waals surface area contributed by atoms with Gasteiger partial charge in [0.25, 0.3) is 11.6 Å². The fourth-order valence-electron chi connectivity index (χ4n) is 2.10. The van der Waals surface area contributed by atoms with Crippen molar-refractivity contribution in [2.24, 2.45) is 0 Å². The van der Waals surface area contributed by atoms with Crippen LogP contribution >= 0.6 is 11.6 Å². The van der Waals surface area contributed by atoms with E-state index in [-0.39, 0.29) is 29.3 Å². The van der Waals surface area contributed by atoms with Crippen molar-refractivity contribution in [2.75, 3.05) is 16.5 Å². The minimum Gasteiger partial charge on any atom is -0.326 e. The molecule has 2 rings (SSSR count). The summed E-state index contributed by atoms with van der Waals surface area (Å²) >= 11 is 5.54. The van der Waals surface area contributed by atoms with E-state index in [2.05, 4.69) is 10.6 Å². The number of hydrogen-bond acceptors (Lipinski definition) is 4. The monoisotopic (exact) mass is 361 g/mol. The zero-order valence-electron chi connectivity index (χ0n) is 13.2. The highest BCUT2D eigenvalue weighted by molar-refractivity contribution is 6.18. The van der Waals surface area contributed by atoms with Crippen LogP contribution in [0.3, 0.4) is 0 Å². The number of para-hydroxylation sites is 1. The molecule has 0 aliphatic rings. The van der Waals surface area contributed by atoms with Crippen molar-refractivity contribution in [2.45, 2.75) is 12.8 Å². The number of carbonyl (C=O) groups is 2. The Morgan fingerprint density at radius 2 is 1.76 bits per heavy atom. The molecule has 0 saturated heterocycles. The predicted octanol–water partition coefficient (Wildman–Crippen LogP) is 3.80. The summed E-state index contributed by atoms with van der Waals surface area (Å²) in [4.78, 5) is 34.6. The maximum absolute atomic E-state index is 12.3. The third-order valence-electron chi connectivity index (χ3n) is 3.24. The summed E-state index contributed by atoms with van der Waals surface area (Å²) in [6.45, 7) is 0. The van der Waals surface area contributed by atoms with E-state index < -0.39 is 10.8 Å². The molecule has 0 spiro atoms. The molecule has 2 N–H and O–H groups in total. The molecule has 2 amide bonds. The first kappa shape index (κ1) is 18.4. The largest absolute Gasteiger partial charge is 0.326 e. The number of halogens is 1. The van der Waals surface area contributed by atoms with Crippen molar-refractivity contribution in [3.8, 4) is 0 Å². The number of nitrogens with one attached hydrogen (secondary N) is 2. The fourth-order valence-corrected chi connectivity index (χ4v) is 2.23. The van der Waals surface area contributed by atoms with Crippen LogP contribution in [0.25, 0.3) is 0 Å². The van der Waals surface area contributed by atoms with Crippen molar-refractivity contribution in [3.63, 3.8) is 0 Å². The number of anilines is 2. The van der Waals surface area contributed by atoms with Gasteiger partial charge in [0.05, 0.1) is 4.92 Å². The minimum atomic E-state index is -0.617. The Morgan fingerprint density at radius 3 is 2.40 bits per heavy atom. The number of hydrogen-bond donors (Lipinski definition) is 2. The summed E-state index contributed by atoms with van der Waals surface area (Å²) < 4.78 is 0.